The van der Waals surface area contributed by atoms with Gasteiger partial charge in [-0.05, 0) is 42.8 Å². The second kappa shape index (κ2) is 10.8. The molecule has 3 aromatic rings. The van der Waals surface area contributed by atoms with E-state index in [4.69, 9.17) is 9.88 Å². The molecule has 7 heteroatoms. The molecule has 170 valence electrons. The van der Waals surface area contributed by atoms with Crippen molar-refractivity contribution in [1.82, 2.24) is 4.90 Å². The minimum absolute atomic E-state index is 0.0294. The van der Waals surface area contributed by atoms with Crippen molar-refractivity contribution >= 4 is 10.0 Å². The SMILES string of the molecule is CC(c1ccc(S(N)(=O)=O)cc1)N(C)CC(O)COC(c1ccccc1)c1ccccc1. The van der Waals surface area contributed by atoms with Crippen molar-refractivity contribution in [2.45, 2.75) is 30.1 Å². The first-order valence-electron chi connectivity index (χ1n) is 10.5. The molecule has 32 heavy (non-hydrogen) atoms. The fourth-order valence-corrected chi connectivity index (χ4v) is 4.10. The summed E-state index contributed by atoms with van der Waals surface area (Å²) in [4.78, 5) is 2.08. The first kappa shape index (κ1) is 24.1. The standard InChI is InChI=1S/C25H30N2O4S/c1-19(20-13-15-24(16-14-20)32(26,29)30)27(2)17-23(28)18-31-25(21-9-5-3-6-10-21)22-11-7-4-8-12-22/h3-16,19,23,25,28H,17-18H2,1-2H3,(H2,26,29,30). The Hall–Kier alpha value is -2.55. The Morgan fingerprint density at radius 3 is 1.84 bits per heavy atom. The zero-order valence-electron chi connectivity index (χ0n) is 18.3. The molecule has 0 radical (unpaired) electrons. The molecule has 0 aromatic heterocycles. The van der Waals surface area contributed by atoms with Crippen molar-refractivity contribution in [2.75, 3.05) is 20.2 Å². The van der Waals surface area contributed by atoms with Gasteiger partial charge in [-0.2, -0.15) is 0 Å². The Labute approximate surface area is 190 Å². The molecule has 0 bridgehead atoms. The van der Waals surface area contributed by atoms with Crippen LogP contribution in [0.2, 0.25) is 0 Å². The summed E-state index contributed by atoms with van der Waals surface area (Å²) in [5, 5.41) is 15.8. The maximum absolute atomic E-state index is 11.4. The van der Waals surface area contributed by atoms with E-state index in [1.165, 1.54) is 12.1 Å². The third-order valence-corrected chi connectivity index (χ3v) is 6.44. The average molecular weight is 455 g/mol. The summed E-state index contributed by atoms with van der Waals surface area (Å²) >= 11 is 0. The van der Waals surface area contributed by atoms with Gasteiger partial charge in [0, 0.05) is 12.6 Å². The highest BCUT2D eigenvalue weighted by atomic mass is 32.2. The van der Waals surface area contributed by atoms with Crippen molar-refractivity contribution in [2.24, 2.45) is 5.14 Å². The first-order valence-corrected chi connectivity index (χ1v) is 12.0. The van der Waals surface area contributed by atoms with E-state index in [1.54, 1.807) is 12.1 Å². The van der Waals surface area contributed by atoms with Gasteiger partial charge in [0.05, 0.1) is 17.6 Å². The molecule has 3 N–H and O–H groups in total. The summed E-state index contributed by atoms with van der Waals surface area (Å²) in [7, 11) is -1.81. The van der Waals surface area contributed by atoms with Crippen LogP contribution in [0, 0.1) is 0 Å². The second-order valence-electron chi connectivity index (χ2n) is 7.92. The van der Waals surface area contributed by atoms with Crippen LogP contribution >= 0.6 is 0 Å². The smallest absolute Gasteiger partial charge is 0.238 e. The summed E-state index contributed by atoms with van der Waals surface area (Å²) in [5.41, 5.74) is 2.99. The van der Waals surface area contributed by atoms with Gasteiger partial charge >= 0.3 is 0 Å². The monoisotopic (exact) mass is 454 g/mol. The summed E-state index contributed by atoms with van der Waals surface area (Å²) in [6.45, 7) is 2.57. The van der Waals surface area contributed by atoms with Gasteiger partial charge in [0.2, 0.25) is 10.0 Å². The molecule has 0 amide bonds. The quantitative estimate of drug-likeness (QED) is 0.489. The number of nitrogens with two attached hydrogens (primary N) is 1. The third kappa shape index (κ3) is 6.48. The largest absolute Gasteiger partial charge is 0.389 e. The van der Waals surface area contributed by atoms with Gasteiger partial charge in [-0.3, -0.25) is 4.90 Å². The molecule has 0 heterocycles. The summed E-state index contributed by atoms with van der Waals surface area (Å²) < 4.78 is 29.0. The topological polar surface area (TPSA) is 92.9 Å². The molecule has 2 atom stereocenters. The van der Waals surface area contributed by atoms with Gasteiger partial charge in [0.25, 0.3) is 0 Å². The van der Waals surface area contributed by atoms with Crippen LogP contribution in [0.4, 0.5) is 0 Å². The number of aliphatic hydroxyl groups is 1. The van der Waals surface area contributed by atoms with E-state index in [-0.39, 0.29) is 23.6 Å². The van der Waals surface area contributed by atoms with Crippen molar-refractivity contribution in [3.8, 4) is 0 Å². The van der Waals surface area contributed by atoms with Crippen LogP contribution in [0.1, 0.15) is 35.8 Å². The maximum atomic E-state index is 11.4. The normalized spacial score (nSPS) is 13.9. The van der Waals surface area contributed by atoms with Gasteiger partial charge in [-0.15, -0.1) is 0 Å². The van der Waals surface area contributed by atoms with E-state index in [9.17, 15) is 13.5 Å². The lowest BCUT2D eigenvalue weighted by atomic mass is 10.0. The lowest BCUT2D eigenvalue weighted by Crippen LogP contribution is -2.34. The van der Waals surface area contributed by atoms with Gasteiger partial charge in [0.15, 0.2) is 0 Å². The van der Waals surface area contributed by atoms with Crippen molar-refractivity contribution in [3.05, 3.63) is 102 Å². The minimum Gasteiger partial charge on any atom is -0.389 e. The van der Waals surface area contributed by atoms with E-state index in [0.29, 0.717) is 6.54 Å². The van der Waals surface area contributed by atoms with Crippen molar-refractivity contribution in [3.63, 3.8) is 0 Å². The Kier molecular flexibility index (Phi) is 8.17. The predicted octanol–water partition coefficient (Wildman–Crippen LogP) is 3.49. The van der Waals surface area contributed by atoms with Gasteiger partial charge in [-0.1, -0.05) is 72.8 Å². The van der Waals surface area contributed by atoms with Crippen LogP contribution in [-0.4, -0.2) is 44.7 Å². The summed E-state index contributed by atoms with van der Waals surface area (Å²) in [6.07, 6.45) is -0.957. The first-order chi connectivity index (χ1) is 15.3. The number of primary sulfonamides is 1. The summed E-state index contributed by atoms with van der Waals surface area (Å²) in [6, 6.07) is 26.3. The van der Waals surface area contributed by atoms with Crippen molar-refractivity contribution < 1.29 is 18.3 Å². The molecule has 0 aliphatic heterocycles. The van der Waals surface area contributed by atoms with E-state index in [2.05, 4.69) is 0 Å². The number of ether oxygens (including phenoxy) is 1. The van der Waals surface area contributed by atoms with E-state index in [0.717, 1.165) is 16.7 Å². The molecule has 0 saturated heterocycles. The molecule has 3 aromatic carbocycles. The van der Waals surface area contributed by atoms with Gasteiger partial charge in [0.1, 0.15) is 6.10 Å². The van der Waals surface area contributed by atoms with Crippen LogP contribution in [-0.2, 0) is 14.8 Å². The molecule has 3 rings (SSSR count). The lowest BCUT2D eigenvalue weighted by Gasteiger charge is -2.28. The fourth-order valence-electron chi connectivity index (χ4n) is 3.58. The molecular weight excluding hydrogens is 424 g/mol. The number of nitrogens with zero attached hydrogens (tertiary/aromatic N) is 1. The lowest BCUT2D eigenvalue weighted by molar-refractivity contribution is -0.00943. The maximum Gasteiger partial charge on any atom is 0.238 e. The Morgan fingerprint density at radius 1 is 0.875 bits per heavy atom. The van der Waals surface area contributed by atoms with Crippen LogP contribution in [0.15, 0.2) is 89.8 Å². The van der Waals surface area contributed by atoms with E-state index in [1.807, 2.05) is 79.5 Å². The fraction of sp³-hybridized carbons (Fsp3) is 0.280. The highest BCUT2D eigenvalue weighted by molar-refractivity contribution is 7.89. The molecule has 2 unspecified atom stereocenters. The van der Waals surface area contributed by atoms with Crippen LogP contribution in [0.5, 0.6) is 0 Å². The second-order valence-corrected chi connectivity index (χ2v) is 9.48. The van der Waals surface area contributed by atoms with Crippen LogP contribution < -0.4 is 5.14 Å². The number of hydrogen-bond acceptors (Lipinski definition) is 5. The number of rotatable bonds is 10. The highest BCUT2D eigenvalue weighted by Crippen LogP contribution is 2.26. The number of likely N-dealkylation sites (N-methyl/N-ethyl adjacent to an activating group) is 1. The predicted molar refractivity (Wildman–Crippen MR) is 126 cm³/mol. The summed E-state index contributed by atoms with van der Waals surface area (Å²) in [5.74, 6) is 0. The Bertz CT molecular complexity index is 1030. The van der Waals surface area contributed by atoms with E-state index >= 15 is 0 Å². The average Bonchev–Trinajstić information content (AvgIpc) is 2.79. The molecule has 0 aliphatic rings. The Balaban J connectivity index is 1.61. The van der Waals surface area contributed by atoms with Gasteiger partial charge in [-0.25, -0.2) is 13.6 Å². The molecule has 0 saturated carbocycles. The number of hydrogen-bond donors (Lipinski definition) is 2. The van der Waals surface area contributed by atoms with E-state index < -0.39 is 16.1 Å². The highest BCUT2D eigenvalue weighted by Gasteiger charge is 2.20. The number of aliphatic hydroxyl groups excluding tert-OH is 1. The number of benzene rings is 3. The molecule has 0 fully saturated rings. The molecule has 0 spiro atoms. The Morgan fingerprint density at radius 2 is 1.38 bits per heavy atom. The van der Waals surface area contributed by atoms with Crippen molar-refractivity contribution in [1.29, 1.82) is 0 Å². The van der Waals surface area contributed by atoms with Crippen LogP contribution in [0.3, 0.4) is 0 Å². The van der Waals surface area contributed by atoms with Gasteiger partial charge < -0.3 is 9.84 Å². The molecule has 0 aliphatic carbocycles. The van der Waals surface area contributed by atoms with Crippen LogP contribution in [0.25, 0.3) is 0 Å². The molecular formula is C25H30N2O4S. The molecule has 6 nitrogen and oxygen atoms in total. The minimum atomic E-state index is -3.72. The third-order valence-electron chi connectivity index (χ3n) is 5.51. The zero-order valence-corrected chi connectivity index (χ0v) is 19.2. The number of sulfonamides is 1. The zero-order chi connectivity index (χ0) is 23.1.